The molecule has 78 valence electrons. The van der Waals surface area contributed by atoms with Gasteiger partial charge in [0.2, 0.25) is 0 Å². The number of rotatable bonds is 3. The van der Waals surface area contributed by atoms with Crippen LogP contribution in [0.15, 0.2) is 18.2 Å². The molecule has 2 rings (SSSR count). The van der Waals surface area contributed by atoms with E-state index in [-0.39, 0.29) is 11.3 Å². The van der Waals surface area contributed by atoms with E-state index < -0.39 is 16.2 Å². The van der Waals surface area contributed by atoms with E-state index in [1.165, 1.54) is 12.1 Å². The van der Waals surface area contributed by atoms with Crippen LogP contribution in [0.4, 0.5) is 10.1 Å². The molecule has 1 aromatic rings. The molecule has 0 aliphatic heterocycles. The Morgan fingerprint density at radius 1 is 1.47 bits per heavy atom. The van der Waals surface area contributed by atoms with Crippen molar-refractivity contribution in [1.82, 2.24) is 0 Å². The van der Waals surface area contributed by atoms with E-state index in [9.17, 15) is 19.3 Å². The minimum Gasteiger partial charge on any atom is -0.302 e. The molecule has 0 bridgehead atoms. The zero-order valence-electron chi connectivity index (χ0n) is 7.77. The maximum Gasteiger partial charge on any atom is 0.272 e. The lowest BCUT2D eigenvalue weighted by atomic mass is 9.97. The quantitative estimate of drug-likeness (QED) is 0.434. The third-order valence-corrected chi connectivity index (χ3v) is 2.71. The normalized spacial score (nSPS) is 17.1. The lowest BCUT2D eigenvalue weighted by molar-refractivity contribution is -0.385. The van der Waals surface area contributed by atoms with Crippen molar-refractivity contribution < 1.29 is 14.1 Å². The van der Waals surface area contributed by atoms with Gasteiger partial charge in [0.15, 0.2) is 0 Å². The Kier molecular flexibility index (Phi) is 2.03. The second-order valence-corrected chi connectivity index (χ2v) is 3.70. The number of non-ortho nitro benzene ring substituents is 1. The van der Waals surface area contributed by atoms with Crippen LogP contribution in [0.1, 0.15) is 18.4 Å². The van der Waals surface area contributed by atoms with Gasteiger partial charge in [0, 0.05) is 11.6 Å². The molecule has 0 atom stereocenters. The van der Waals surface area contributed by atoms with Crippen molar-refractivity contribution in [2.45, 2.75) is 18.3 Å². The van der Waals surface area contributed by atoms with E-state index in [0.29, 0.717) is 12.8 Å². The SMILES string of the molecule is O=CC1(c2ccc([N+](=O)[O-])cc2F)CC1. The molecule has 0 unspecified atom stereocenters. The summed E-state index contributed by atoms with van der Waals surface area (Å²) in [5.41, 5.74) is -0.750. The van der Waals surface area contributed by atoms with E-state index >= 15 is 0 Å². The smallest absolute Gasteiger partial charge is 0.272 e. The van der Waals surface area contributed by atoms with Crippen molar-refractivity contribution in [3.63, 3.8) is 0 Å². The molecule has 0 spiro atoms. The Bertz CT molecular complexity index is 440. The molecule has 0 saturated heterocycles. The van der Waals surface area contributed by atoms with Gasteiger partial charge in [-0.2, -0.15) is 0 Å². The van der Waals surface area contributed by atoms with Gasteiger partial charge in [-0.25, -0.2) is 4.39 Å². The highest BCUT2D eigenvalue weighted by molar-refractivity contribution is 5.73. The third-order valence-electron chi connectivity index (χ3n) is 2.71. The molecule has 15 heavy (non-hydrogen) atoms. The molecule has 1 saturated carbocycles. The molecule has 0 amide bonds. The Morgan fingerprint density at radius 3 is 2.53 bits per heavy atom. The van der Waals surface area contributed by atoms with Gasteiger partial charge in [-0.15, -0.1) is 0 Å². The average Bonchev–Trinajstić information content (AvgIpc) is 2.98. The number of nitro benzene ring substituents is 1. The minimum atomic E-state index is -0.723. The summed E-state index contributed by atoms with van der Waals surface area (Å²) in [6.45, 7) is 0. The van der Waals surface area contributed by atoms with Crippen molar-refractivity contribution >= 4 is 12.0 Å². The van der Waals surface area contributed by atoms with Crippen LogP contribution in [0.3, 0.4) is 0 Å². The molecule has 4 nitrogen and oxygen atoms in total. The summed E-state index contributed by atoms with van der Waals surface area (Å²) in [6, 6.07) is 3.41. The first-order chi connectivity index (χ1) is 7.09. The lowest BCUT2D eigenvalue weighted by Crippen LogP contribution is -2.10. The van der Waals surface area contributed by atoms with Gasteiger partial charge < -0.3 is 4.79 Å². The highest BCUT2D eigenvalue weighted by atomic mass is 19.1. The van der Waals surface area contributed by atoms with E-state index in [1.54, 1.807) is 0 Å². The summed E-state index contributed by atoms with van der Waals surface area (Å²) in [5, 5.41) is 10.4. The zero-order chi connectivity index (χ0) is 11.1. The van der Waals surface area contributed by atoms with Gasteiger partial charge in [0.25, 0.3) is 5.69 Å². The van der Waals surface area contributed by atoms with Crippen molar-refractivity contribution in [3.8, 4) is 0 Å². The van der Waals surface area contributed by atoms with Gasteiger partial charge >= 0.3 is 0 Å². The molecular weight excluding hydrogens is 201 g/mol. The Hall–Kier alpha value is -1.78. The number of halogens is 1. The van der Waals surface area contributed by atoms with Gasteiger partial charge in [-0.05, 0) is 18.9 Å². The summed E-state index contributed by atoms with van der Waals surface area (Å²) in [4.78, 5) is 20.5. The molecular formula is C10H8FNO3. The molecule has 5 heteroatoms. The first-order valence-electron chi connectivity index (χ1n) is 4.50. The predicted octanol–water partition coefficient (Wildman–Crippen LogP) is 1.96. The first kappa shape index (κ1) is 9.76. The van der Waals surface area contributed by atoms with Crippen molar-refractivity contribution in [3.05, 3.63) is 39.7 Å². The number of hydrogen-bond acceptors (Lipinski definition) is 3. The second-order valence-electron chi connectivity index (χ2n) is 3.70. The van der Waals surface area contributed by atoms with E-state index in [1.807, 2.05) is 0 Å². The Labute approximate surface area is 84.9 Å². The van der Waals surface area contributed by atoms with Crippen LogP contribution in [0, 0.1) is 15.9 Å². The molecule has 0 aromatic heterocycles. The van der Waals surface area contributed by atoms with Gasteiger partial charge in [-0.1, -0.05) is 0 Å². The predicted molar refractivity (Wildman–Crippen MR) is 50.0 cm³/mol. The van der Waals surface area contributed by atoms with E-state index in [4.69, 9.17) is 0 Å². The van der Waals surface area contributed by atoms with Crippen molar-refractivity contribution in [2.24, 2.45) is 0 Å². The summed E-state index contributed by atoms with van der Waals surface area (Å²) in [7, 11) is 0. The van der Waals surface area contributed by atoms with Crippen LogP contribution in [-0.4, -0.2) is 11.2 Å². The number of aldehydes is 1. The average molecular weight is 209 g/mol. The number of nitrogens with zero attached hydrogens (tertiary/aromatic N) is 1. The van der Waals surface area contributed by atoms with Crippen molar-refractivity contribution in [2.75, 3.05) is 0 Å². The molecule has 0 radical (unpaired) electrons. The maximum atomic E-state index is 13.5. The maximum absolute atomic E-state index is 13.5. The lowest BCUT2D eigenvalue weighted by Gasteiger charge is -2.07. The van der Waals surface area contributed by atoms with Gasteiger partial charge in [0.05, 0.1) is 16.4 Å². The third kappa shape index (κ3) is 1.49. The molecule has 1 aliphatic rings. The monoisotopic (exact) mass is 209 g/mol. The highest BCUT2D eigenvalue weighted by Crippen LogP contribution is 2.47. The minimum absolute atomic E-state index is 0.267. The Balaban J connectivity index is 2.43. The van der Waals surface area contributed by atoms with Crippen LogP contribution >= 0.6 is 0 Å². The van der Waals surface area contributed by atoms with Gasteiger partial charge in [-0.3, -0.25) is 10.1 Å². The van der Waals surface area contributed by atoms with E-state index in [2.05, 4.69) is 0 Å². The fourth-order valence-corrected chi connectivity index (χ4v) is 1.61. The standard InChI is InChI=1S/C10H8FNO3/c11-9-5-7(12(14)15)1-2-8(9)10(6-13)3-4-10/h1-2,5-6H,3-4H2. The number of carbonyl (C=O) groups is 1. The summed E-state index contributed by atoms with van der Waals surface area (Å²) in [5.74, 6) is -0.672. The summed E-state index contributed by atoms with van der Waals surface area (Å²) < 4.78 is 13.5. The van der Waals surface area contributed by atoms with Crippen LogP contribution in [0.2, 0.25) is 0 Å². The molecule has 1 fully saturated rings. The van der Waals surface area contributed by atoms with Crippen LogP contribution in [0.25, 0.3) is 0 Å². The Morgan fingerprint density at radius 2 is 2.13 bits per heavy atom. The number of nitro groups is 1. The van der Waals surface area contributed by atoms with E-state index in [0.717, 1.165) is 12.4 Å². The van der Waals surface area contributed by atoms with Gasteiger partial charge in [0.1, 0.15) is 12.1 Å². The number of benzene rings is 1. The molecule has 1 aliphatic carbocycles. The largest absolute Gasteiger partial charge is 0.302 e. The molecule has 0 N–H and O–H groups in total. The first-order valence-corrected chi connectivity index (χ1v) is 4.50. The molecule has 0 heterocycles. The highest BCUT2D eigenvalue weighted by Gasteiger charge is 2.46. The number of hydrogen-bond donors (Lipinski definition) is 0. The fourth-order valence-electron chi connectivity index (χ4n) is 1.61. The second kappa shape index (κ2) is 3.12. The van der Waals surface area contributed by atoms with Crippen molar-refractivity contribution in [1.29, 1.82) is 0 Å². The van der Waals surface area contributed by atoms with Crippen LogP contribution in [0.5, 0.6) is 0 Å². The van der Waals surface area contributed by atoms with Crippen LogP contribution in [-0.2, 0) is 10.2 Å². The topological polar surface area (TPSA) is 60.2 Å². The fraction of sp³-hybridized carbons (Fsp3) is 0.300. The summed E-state index contributed by atoms with van der Waals surface area (Å²) >= 11 is 0. The molecule has 1 aromatic carbocycles. The zero-order valence-corrected chi connectivity index (χ0v) is 7.77. The summed E-state index contributed by atoms with van der Waals surface area (Å²) in [6.07, 6.45) is 1.95. The van der Waals surface area contributed by atoms with Crippen LogP contribution < -0.4 is 0 Å². The number of carbonyl (C=O) groups excluding carboxylic acids is 1.